The van der Waals surface area contributed by atoms with Crippen molar-refractivity contribution in [3.63, 3.8) is 0 Å². The third-order valence-corrected chi connectivity index (χ3v) is 8.75. The Morgan fingerprint density at radius 1 is 1.17 bits per heavy atom. The Kier molecular flexibility index (Phi) is 31.3. The first kappa shape index (κ1) is 11.9. The fourth-order valence-electron chi connectivity index (χ4n) is 0. The van der Waals surface area contributed by atoms with Gasteiger partial charge in [0.1, 0.15) is 0 Å². The Labute approximate surface area is 84.5 Å². The fraction of sp³-hybridized carbons (Fsp3) is 0. The van der Waals surface area contributed by atoms with E-state index < -0.39 is 0 Å². The predicted octanol–water partition coefficient (Wildman–Crippen LogP) is 1.94. The van der Waals surface area contributed by atoms with Crippen LogP contribution in [-0.2, 0) is 60.8 Å². The number of hydrogen-bond donors (Lipinski definition) is 0. The molecule has 0 aliphatic rings. The molecule has 6 heteroatoms. The van der Waals surface area contributed by atoms with E-state index in [-0.39, 0.29) is 0 Å². The van der Waals surface area contributed by atoms with Crippen molar-refractivity contribution in [3.05, 3.63) is 0 Å². The van der Waals surface area contributed by atoms with Gasteiger partial charge in [0.05, 0.1) is 0 Å². The van der Waals surface area contributed by atoms with Gasteiger partial charge in [-0.1, -0.05) is 0 Å². The first-order valence-corrected chi connectivity index (χ1v) is 13.2. The third kappa shape index (κ3) is 15.7. The second-order valence-corrected chi connectivity index (χ2v) is 7.25. The van der Waals surface area contributed by atoms with Gasteiger partial charge in [-0.15, -0.1) is 0 Å². The van der Waals surface area contributed by atoms with Crippen molar-refractivity contribution < 1.29 is 60.8 Å². The molecule has 0 rings (SSSR count). The molecule has 0 amide bonds. The summed E-state index contributed by atoms with van der Waals surface area (Å²) in [5.41, 5.74) is 0. The van der Waals surface area contributed by atoms with Crippen molar-refractivity contribution in [2.75, 3.05) is 0 Å². The van der Waals surface area contributed by atoms with Crippen molar-refractivity contribution >= 4 is 25.6 Å². The molecule has 0 heterocycles. The molecule has 0 atom stereocenters. The zero-order chi connectivity index (χ0) is 5.41. The van der Waals surface area contributed by atoms with E-state index in [1.54, 1.807) is 17.0 Å². The van der Waals surface area contributed by atoms with Crippen LogP contribution in [0.2, 0.25) is 0 Å². The third-order valence-electron chi connectivity index (χ3n) is 0.0278. The van der Waals surface area contributed by atoms with Crippen molar-refractivity contribution in [2.24, 2.45) is 0 Å². The molecule has 0 bridgehead atoms. The Morgan fingerprint density at radius 3 is 1.33 bits per heavy atom. The molecule has 0 radical (unpaired) electrons. The summed E-state index contributed by atoms with van der Waals surface area (Å²) >= 11 is 4.74. The van der Waals surface area contributed by atoms with Crippen molar-refractivity contribution in [1.29, 1.82) is 0 Å². The average Bonchev–Trinajstić information content (AvgIpc) is 1.72. The van der Waals surface area contributed by atoms with Crippen LogP contribution in [0, 0.1) is 0 Å². The summed E-state index contributed by atoms with van der Waals surface area (Å²) in [4.78, 5) is 0. The van der Waals surface area contributed by atoms with Crippen LogP contribution in [0.3, 0.4) is 0 Å². The molecule has 0 fully saturated rings. The minimum atomic E-state index is 0.733. The fourth-order valence-corrected chi connectivity index (χ4v) is 0. The van der Waals surface area contributed by atoms with E-state index in [2.05, 4.69) is 8.65 Å². The Hall–Kier alpha value is 3.22. The molecule has 0 aromatic heterocycles. The molecule has 0 aliphatic heterocycles. The first-order chi connectivity index (χ1) is 2.91. The zero-order valence-electron chi connectivity index (χ0n) is 2.75. The Morgan fingerprint density at radius 2 is 1.33 bits per heavy atom. The minimum absolute atomic E-state index is 0.733. The van der Waals surface area contributed by atoms with Crippen LogP contribution in [0.4, 0.5) is 0 Å². The zero-order valence-corrected chi connectivity index (χ0v) is 13.2. The average molecular weight is 400 g/mol. The SMILES string of the molecule is [Mo][S][S][Mo].[S]=[Cd]. The summed E-state index contributed by atoms with van der Waals surface area (Å²) in [7, 11) is 7.83. The van der Waals surface area contributed by atoms with E-state index in [1.165, 1.54) is 0 Å². The molecule has 0 nitrogen and oxygen atoms in total. The van der Waals surface area contributed by atoms with E-state index in [1.807, 2.05) is 37.1 Å². The monoisotopic (exact) mass is 406 g/mol. The van der Waals surface area contributed by atoms with Crippen LogP contribution in [0.15, 0.2) is 0 Å². The maximum atomic E-state index is 4.25. The van der Waals surface area contributed by atoms with Crippen molar-refractivity contribution in [1.82, 2.24) is 0 Å². The summed E-state index contributed by atoms with van der Waals surface area (Å²) in [6.07, 6.45) is 0. The topological polar surface area (TPSA) is 0 Å². The van der Waals surface area contributed by atoms with E-state index in [9.17, 15) is 0 Å². The molecular weight excluding hydrogens is 400 g/mol. The standard InChI is InChI=1S/Cd.2Mo.S2.S/c;;;1-2;/q;2*+1;-2;. The quantitative estimate of drug-likeness (QED) is 0.488. The molecule has 0 saturated carbocycles. The van der Waals surface area contributed by atoms with E-state index in [4.69, 9.17) is 0 Å². The molecule has 0 spiro atoms. The van der Waals surface area contributed by atoms with Crippen LogP contribution in [0.5, 0.6) is 0 Å². The molecule has 0 saturated heterocycles. The summed E-state index contributed by atoms with van der Waals surface area (Å²) in [6, 6.07) is 0. The van der Waals surface area contributed by atoms with Crippen LogP contribution in [0.25, 0.3) is 0 Å². The molecular formula is CdMo2S3. The number of rotatable bonds is 1. The van der Waals surface area contributed by atoms with Gasteiger partial charge in [-0.3, -0.25) is 0 Å². The molecule has 0 aromatic rings. The van der Waals surface area contributed by atoms with Crippen LogP contribution >= 0.6 is 25.6 Å². The Bertz CT molecular complexity index is 16.3. The van der Waals surface area contributed by atoms with Crippen molar-refractivity contribution in [2.45, 2.75) is 0 Å². The molecule has 0 aromatic carbocycles. The van der Waals surface area contributed by atoms with Gasteiger partial charge in [0.2, 0.25) is 0 Å². The van der Waals surface area contributed by atoms with Crippen LogP contribution in [-0.4, -0.2) is 0 Å². The second-order valence-electron chi connectivity index (χ2n) is 0.136. The summed E-state index contributed by atoms with van der Waals surface area (Å²) in [5.74, 6) is 0. The molecule has 32 valence electrons. The number of hydrogen-bond acceptors (Lipinski definition) is 3. The maximum absolute atomic E-state index is 4.25. The van der Waals surface area contributed by atoms with Gasteiger partial charge in [0.25, 0.3) is 0 Å². The molecule has 0 N–H and O–H groups in total. The Balaban J connectivity index is 0. The molecule has 6 heavy (non-hydrogen) atoms. The van der Waals surface area contributed by atoms with Gasteiger partial charge < -0.3 is 0 Å². The van der Waals surface area contributed by atoms with Gasteiger partial charge in [-0.05, 0) is 0 Å². The normalized spacial score (nSPS) is 5.67. The van der Waals surface area contributed by atoms with Gasteiger partial charge in [-0.25, -0.2) is 0 Å². The van der Waals surface area contributed by atoms with Crippen LogP contribution < -0.4 is 0 Å². The summed E-state index contributed by atoms with van der Waals surface area (Å²) in [5, 5.41) is 0. The second kappa shape index (κ2) is 15.7. The first-order valence-electron chi connectivity index (χ1n) is 0.789. The van der Waals surface area contributed by atoms with Crippen molar-refractivity contribution in [3.8, 4) is 0 Å². The van der Waals surface area contributed by atoms with E-state index >= 15 is 0 Å². The van der Waals surface area contributed by atoms with Gasteiger partial charge in [0, 0.05) is 0 Å². The summed E-state index contributed by atoms with van der Waals surface area (Å²) < 4.78 is 0. The van der Waals surface area contributed by atoms with Gasteiger partial charge in [0.15, 0.2) is 0 Å². The molecule has 0 aliphatic carbocycles. The van der Waals surface area contributed by atoms with Gasteiger partial charge in [-0.2, -0.15) is 0 Å². The van der Waals surface area contributed by atoms with E-state index in [0.29, 0.717) is 0 Å². The van der Waals surface area contributed by atoms with Crippen LogP contribution in [0.1, 0.15) is 0 Å². The predicted molar refractivity (Wildman–Crippen MR) is 22.8 cm³/mol. The summed E-state index contributed by atoms with van der Waals surface area (Å²) in [6.45, 7) is 0. The molecule has 0 unspecified atom stereocenters. The van der Waals surface area contributed by atoms with Gasteiger partial charge >= 0.3 is 86.4 Å². The van der Waals surface area contributed by atoms with E-state index in [0.717, 1.165) is 23.7 Å².